The molecule has 0 aliphatic carbocycles. The lowest BCUT2D eigenvalue weighted by Crippen LogP contribution is -2.21. The SMILES string of the molecule is COc1ccc2c(C(N)CCN(C)C)nc(-c3cc4ccccc4o3)nc2c1OC. The molecule has 30 heavy (non-hydrogen) atoms. The van der Waals surface area contributed by atoms with Crippen LogP contribution in [-0.4, -0.2) is 49.7 Å². The van der Waals surface area contributed by atoms with E-state index in [1.807, 2.05) is 56.6 Å². The lowest BCUT2D eigenvalue weighted by Gasteiger charge is -2.18. The van der Waals surface area contributed by atoms with E-state index in [9.17, 15) is 0 Å². The molecule has 0 saturated carbocycles. The van der Waals surface area contributed by atoms with Crippen molar-refractivity contribution in [3.8, 4) is 23.1 Å². The Bertz CT molecular complexity index is 1150. The third-order valence-corrected chi connectivity index (χ3v) is 5.12. The van der Waals surface area contributed by atoms with E-state index in [4.69, 9.17) is 29.6 Å². The van der Waals surface area contributed by atoms with Gasteiger partial charge in [-0.25, -0.2) is 9.97 Å². The number of nitrogens with zero attached hydrogens (tertiary/aromatic N) is 3. The fourth-order valence-electron chi connectivity index (χ4n) is 3.55. The van der Waals surface area contributed by atoms with Crippen molar-refractivity contribution in [2.45, 2.75) is 12.5 Å². The van der Waals surface area contributed by atoms with Gasteiger partial charge in [0.1, 0.15) is 11.1 Å². The highest BCUT2D eigenvalue weighted by Gasteiger charge is 2.21. The Kier molecular flexibility index (Phi) is 5.57. The number of hydrogen-bond donors (Lipinski definition) is 1. The summed E-state index contributed by atoms with van der Waals surface area (Å²) in [4.78, 5) is 11.7. The van der Waals surface area contributed by atoms with Crippen LogP contribution in [0.5, 0.6) is 11.5 Å². The molecule has 2 N–H and O–H groups in total. The highest BCUT2D eigenvalue weighted by molar-refractivity contribution is 5.91. The smallest absolute Gasteiger partial charge is 0.196 e. The van der Waals surface area contributed by atoms with Crippen LogP contribution in [0.25, 0.3) is 33.5 Å². The van der Waals surface area contributed by atoms with E-state index in [1.165, 1.54) is 0 Å². The van der Waals surface area contributed by atoms with Crippen molar-refractivity contribution in [2.75, 3.05) is 34.9 Å². The molecule has 1 atom stereocenters. The molecule has 0 amide bonds. The average molecular weight is 406 g/mol. The summed E-state index contributed by atoms with van der Waals surface area (Å²) in [6, 6.07) is 13.3. The number of rotatable bonds is 7. The van der Waals surface area contributed by atoms with Gasteiger partial charge in [-0.3, -0.25) is 0 Å². The fraction of sp³-hybridized carbons (Fsp3) is 0.304. The van der Waals surface area contributed by atoms with Crippen molar-refractivity contribution in [2.24, 2.45) is 5.73 Å². The van der Waals surface area contributed by atoms with Gasteiger partial charge in [0.2, 0.25) is 0 Å². The van der Waals surface area contributed by atoms with Gasteiger partial charge in [-0.2, -0.15) is 0 Å². The Hall–Kier alpha value is -3.16. The van der Waals surface area contributed by atoms with Crippen molar-refractivity contribution in [1.82, 2.24) is 14.9 Å². The van der Waals surface area contributed by atoms with E-state index in [-0.39, 0.29) is 6.04 Å². The Balaban J connectivity index is 1.93. The fourth-order valence-corrected chi connectivity index (χ4v) is 3.55. The summed E-state index contributed by atoms with van der Waals surface area (Å²) in [5.41, 5.74) is 8.77. The highest BCUT2D eigenvalue weighted by atomic mass is 16.5. The van der Waals surface area contributed by atoms with Crippen LogP contribution in [0.1, 0.15) is 18.2 Å². The minimum atomic E-state index is -0.265. The molecular formula is C23H26N4O3. The number of furan rings is 1. The molecule has 0 aliphatic heterocycles. The van der Waals surface area contributed by atoms with Gasteiger partial charge >= 0.3 is 0 Å². The molecule has 4 aromatic rings. The summed E-state index contributed by atoms with van der Waals surface area (Å²) >= 11 is 0. The van der Waals surface area contributed by atoms with Gasteiger partial charge in [0.25, 0.3) is 0 Å². The third kappa shape index (κ3) is 3.69. The highest BCUT2D eigenvalue weighted by Crippen LogP contribution is 2.38. The molecule has 0 radical (unpaired) electrons. The van der Waals surface area contributed by atoms with Crippen LogP contribution in [0.2, 0.25) is 0 Å². The standard InChI is InChI=1S/C23H26N4O3/c1-27(2)12-11-16(24)20-15-9-10-18(28-3)22(29-4)21(15)26-23(25-20)19-13-14-7-5-6-8-17(14)30-19/h5-10,13,16H,11-12,24H2,1-4H3. The third-order valence-electron chi connectivity index (χ3n) is 5.12. The van der Waals surface area contributed by atoms with Gasteiger partial charge in [-0.05, 0) is 51.3 Å². The van der Waals surface area contributed by atoms with Crippen LogP contribution in [0.4, 0.5) is 0 Å². The molecule has 0 saturated heterocycles. The van der Waals surface area contributed by atoms with Gasteiger partial charge < -0.3 is 24.5 Å². The second-order valence-electron chi connectivity index (χ2n) is 7.48. The van der Waals surface area contributed by atoms with E-state index in [2.05, 4.69) is 4.90 Å². The predicted octanol–water partition coefficient (Wildman–Crippen LogP) is 4.01. The molecule has 2 heterocycles. The normalized spacial score (nSPS) is 12.6. The number of para-hydroxylation sites is 1. The molecule has 0 spiro atoms. The van der Waals surface area contributed by atoms with Gasteiger partial charge in [0.05, 0.1) is 19.9 Å². The predicted molar refractivity (Wildman–Crippen MR) is 118 cm³/mol. The monoisotopic (exact) mass is 406 g/mol. The van der Waals surface area contributed by atoms with E-state index in [0.29, 0.717) is 28.6 Å². The van der Waals surface area contributed by atoms with E-state index < -0.39 is 0 Å². The summed E-state index contributed by atoms with van der Waals surface area (Å²) in [5.74, 6) is 2.22. The zero-order valence-electron chi connectivity index (χ0n) is 17.7. The molecule has 7 nitrogen and oxygen atoms in total. The first-order chi connectivity index (χ1) is 14.5. The van der Waals surface area contributed by atoms with Crippen LogP contribution in [-0.2, 0) is 0 Å². The average Bonchev–Trinajstić information content (AvgIpc) is 3.20. The summed E-state index contributed by atoms with van der Waals surface area (Å²) < 4.78 is 17.1. The molecule has 7 heteroatoms. The van der Waals surface area contributed by atoms with Crippen molar-refractivity contribution in [1.29, 1.82) is 0 Å². The second-order valence-corrected chi connectivity index (χ2v) is 7.48. The number of benzene rings is 2. The topological polar surface area (TPSA) is 86.6 Å². The minimum Gasteiger partial charge on any atom is -0.493 e. The number of nitrogens with two attached hydrogens (primary N) is 1. The van der Waals surface area contributed by atoms with Gasteiger partial charge in [-0.15, -0.1) is 0 Å². The largest absolute Gasteiger partial charge is 0.493 e. The van der Waals surface area contributed by atoms with Crippen LogP contribution in [0.15, 0.2) is 46.9 Å². The number of ether oxygens (including phenoxy) is 2. The summed E-state index contributed by atoms with van der Waals surface area (Å²) in [5, 5.41) is 1.84. The summed E-state index contributed by atoms with van der Waals surface area (Å²) in [6.07, 6.45) is 0.757. The molecule has 2 aromatic carbocycles. The Labute approximate surface area is 175 Å². The molecule has 4 rings (SSSR count). The maximum absolute atomic E-state index is 6.57. The zero-order valence-corrected chi connectivity index (χ0v) is 17.7. The molecule has 0 aliphatic rings. The Morgan fingerprint density at radius 2 is 1.87 bits per heavy atom. The quantitative estimate of drug-likeness (QED) is 0.496. The van der Waals surface area contributed by atoms with Crippen molar-refractivity contribution >= 4 is 21.9 Å². The lowest BCUT2D eigenvalue weighted by molar-refractivity contribution is 0.358. The van der Waals surface area contributed by atoms with E-state index >= 15 is 0 Å². The molecule has 2 aromatic heterocycles. The van der Waals surface area contributed by atoms with Crippen LogP contribution >= 0.6 is 0 Å². The second kappa shape index (κ2) is 8.30. The minimum absolute atomic E-state index is 0.265. The molecule has 0 bridgehead atoms. The summed E-state index contributed by atoms with van der Waals surface area (Å²) in [7, 11) is 7.26. The van der Waals surface area contributed by atoms with E-state index in [0.717, 1.165) is 35.0 Å². The first-order valence-electron chi connectivity index (χ1n) is 9.83. The number of hydrogen-bond acceptors (Lipinski definition) is 7. The molecule has 1 unspecified atom stereocenters. The van der Waals surface area contributed by atoms with E-state index in [1.54, 1.807) is 14.2 Å². The van der Waals surface area contributed by atoms with Crippen LogP contribution in [0.3, 0.4) is 0 Å². The molecule has 0 fully saturated rings. The summed E-state index contributed by atoms with van der Waals surface area (Å²) in [6.45, 7) is 0.847. The number of fused-ring (bicyclic) bond motifs is 2. The number of aromatic nitrogens is 2. The zero-order chi connectivity index (χ0) is 21.3. The van der Waals surface area contributed by atoms with Crippen molar-refractivity contribution in [3.05, 3.63) is 48.2 Å². The van der Waals surface area contributed by atoms with Gasteiger partial charge in [-0.1, -0.05) is 18.2 Å². The van der Waals surface area contributed by atoms with Crippen molar-refractivity contribution < 1.29 is 13.9 Å². The maximum atomic E-state index is 6.57. The molecular weight excluding hydrogens is 380 g/mol. The van der Waals surface area contributed by atoms with Gasteiger partial charge in [0.15, 0.2) is 23.1 Å². The first-order valence-corrected chi connectivity index (χ1v) is 9.83. The van der Waals surface area contributed by atoms with Crippen LogP contribution < -0.4 is 15.2 Å². The Morgan fingerprint density at radius 3 is 2.57 bits per heavy atom. The first kappa shape index (κ1) is 20.1. The maximum Gasteiger partial charge on any atom is 0.196 e. The molecule has 156 valence electrons. The Morgan fingerprint density at radius 1 is 1.07 bits per heavy atom. The van der Waals surface area contributed by atoms with Gasteiger partial charge in [0, 0.05) is 16.8 Å². The van der Waals surface area contributed by atoms with Crippen molar-refractivity contribution in [3.63, 3.8) is 0 Å². The number of methoxy groups -OCH3 is 2. The van der Waals surface area contributed by atoms with Crippen LogP contribution in [0, 0.1) is 0 Å². The lowest BCUT2D eigenvalue weighted by atomic mass is 10.0.